The molecule has 0 fully saturated rings. The number of alkyl halides is 3. The molecule has 1 aliphatic rings. The lowest BCUT2D eigenvalue weighted by atomic mass is 10.1. The molecule has 1 aliphatic carbocycles. The quantitative estimate of drug-likeness (QED) is 0.659. The van der Waals surface area contributed by atoms with Gasteiger partial charge in [-0.05, 0) is 36.6 Å². The lowest BCUT2D eigenvalue weighted by Crippen LogP contribution is -2.05. The second-order valence-corrected chi connectivity index (χ2v) is 4.43. The average Bonchev–Trinajstić information content (AvgIpc) is 2.41. The van der Waals surface area contributed by atoms with Crippen molar-refractivity contribution >= 4 is 20.4 Å². The summed E-state index contributed by atoms with van der Waals surface area (Å²) in [6, 6.07) is 3.89. The summed E-state index contributed by atoms with van der Waals surface area (Å²) in [5.74, 6) is 0. The zero-order valence-corrected chi connectivity index (χ0v) is 9.54. The second kappa shape index (κ2) is 3.37. The Morgan fingerprint density at radius 2 is 1.93 bits per heavy atom. The van der Waals surface area contributed by atoms with Crippen molar-refractivity contribution in [3.8, 4) is 0 Å². The molecule has 0 amide bonds. The summed E-state index contributed by atoms with van der Waals surface area (Å²) in [5, 5.41) is 0. The lowest BCUT2D eigenvalue weighted by molar-refractivity contribution is -0.137. The highest BCUT2D eigenvalue weighted by Crippen LogP contribution is 2.40. The minimum absolute atomic E-state index is 0.590. The molecule has 80 valence electrons. The topological polar surface area (TPSA) is 0 Å². The van der Waals surface area contributed by atoms with E-state index in [9.17, 15) is 13.2 Å². The number of allylic oxidation sites excluding steroid dienone is 1. The van der Waals surface area contributed by atoms with Crippen molar-refractivity contribution in [1.29, 1.82) is 0 Å². The molecule has 0 spiro atoms. The molecule has 0 saturated heterocycles. The highest BCUT2D eigenvalue weighted by atomic mass is 79.9. The maximum Gasteiger partial charge on any atom is 0.416 e. The Morgan fingerprint density at radius 3 is 2.53 bits per heavy atom. The fraction of sp³-hybridized carbons (Fsp3) is 0.273. The van der Waals surface area contributed by atoms with E-state index in [1.807, 2.05) is 6.92 Å². The number of halogens is 4. The fourth-order valence-electron chi connectivity index (χ4n) is 1.70. The highest BCUT2D eigenvalue weighted by molar-refractivity contribution is 9.15. The largest absolute Gasteiger partial charge is 0.416 e. The first kappa shape index (κ1) is 10.7. The molecule has 0 nitrogen and oxygen atoms in total. The minimum atomic E-state index is -4.27. The summed E-state index contributed by atoms with van der Waals surface area (Å²) in [6.07, 6.45) is -3.53. The fourth-order valence-corrected chi connectivity index (χ4v) is 2.21. The average molecular weight is 277 g/mol. The first-order chi connectivity index (χ1) is 6.89. The van der Waals surface area contributed by atoms with Gasteiger partial charge in [0, 0.05) is 4.48 Å². The van der Waals surface area contributed by atoms with Crippen LogP contribution in [0.4, 0.5) is 13.2 Å². The summed E-state index contributed by atoms with van der Waals surface area (Å²) < 4.78 is 38.1. The van der Waals surface area contributed by atoms with Gasteiger partial charge >= 0.3 is 6.18 Å². The van der Waals surface area contributed by atoms with Crippen molar-refractivity contribution in [2.45, 2.75) is 19.5 Å². The number of hydrogen-bond acceptors (Lipinski definition) is 0. The first-order valence-corrected chi connectivity index (χ1v) is 5.24. The maximum atomic E-state index is 12.4. The summed E-state index contributed by atoms with van der Waals surface area (Å²) in [7, 11) is 0. The molecule has 15 heavy (non-hydrogen) atoms. The van der Waals surface area contributed by atoms with Crippen molar-refractivity contribution in [2.75, 3.05) is 0 Å². The van der Waals surface area contributed by atoms with Crippen molar-refractivity contribution in [1.82, 2.24) is 0 Å². The highest BCUT2D eigenvalue weighted by Gasteiger charge is 2.32. The summed E-state index contributed by atoms with van der Waals surface area (Å²) in [5.41, 5.74) is 2.10. The van der Waals surface area contributed by atoms with Gasteiger partial charge in [0.25, 0.3) is 0 Å². The second-order valence-electron chi connectivity index (χ2n) is 3.64. The molecule has 1 aromatic rings. The van der Waals surface area contributed by atoms with Crippen LogP contribution in [0.5, 0.6) is 0 Å². The number of rotatable bonds is 0. The van der Waals surface area contributed by atoms with Gasteiger partial charge in [-0.3, -0.25) is 0 Å². The van der Waals surface area contributed by atoms with Gasteiger partial charge in [-0.2, -0.15) is 13.2 Å². The molecule has 0 unspecified atom stereocenters. The number of fused-ring (bicyclic) bond motifs is 1. The molecule has 0 heterocycles. The van der Waals surface area contributed by atoms with Gasteiger partial charge in [0.2, 0.25) is 0 Å². The Hall–Kier alpha value is -0.770. The molecule has 0 atom stereocenters. The van der Waals surface area contributed by atoms with Crippen LogP contribution in [-0.2, 0) is 12.6 Å². The molecule has 0 N–H and O–H groups in total. The number of benzene rings is 1. The Morgan fingerprint density at radius 1 is 1.27 bits per heavy atom. The van der Waals surface area contributed by atoms with Crippen LogP contribution in [0.1, 0.15) is 23.6 Å². The SMILES string of the molecule is CC1=C(Br)c2cc(C(F)(F)F)ccc2C1. The van der Waals surface area contributed by atoms with E-state index in [4.69, 9.17) is 0 Å². The Balaban J connectivity index is 2.52. The van der Waals surface area contributed by atoms with Gasteiger partial charge in [0.05, 0.1) is 5.56 Å². The Bertz CT molecular complexity index is 444. The van der Waals surface area contributed by atoms with Crippen LogP contribution in [0, 0.1) is 0 Å². The van der Waals surface area contributed by atoms with Crippen LogP contribution in [0.15, 0.2) is 23.8 Å². The zero-order valence-electron chi connectivity index (χ0n) is 7.95. The van der Waals surface area contributed by atoms with Gasteiger partial charge < -0.3 is 0 Å². The monoisotopic (exact) mass is 276 g/mol. The third kappa shape index (κ3) is 1.83. The predicted octanol–water partition coefficient (Wildman–Crippen LogP) is 4.39. The molecule has 0 saturated carbocycles. The molecule has 2 rings (SSSR count). The van der Waals surface area contributed by atoms with Gasteiger partial charge in [0.1, 0.15) is 0 Å². The molecule has 0 aromatic heterocycles. The molecule has 1 aromatic carbocycles. The van der Waals surface area contributed by atoms with Gasteiger partial charge in [-0.25, -0.2) is 0 Å². The van der Waals surface area contributed by atoms with E-state index < -0.39 is 11.7 Å². The first-order valence-electron chi connectivity index (χ1n) is 4.45. The Kier molecular flexibility index (Phi) is 2.41. The summed E-state index contributed by atoms with van der Waals surface area (Å²) in [6.45, 7) is 1.91. The Labute approximate surface area is 93.9 Å². The number of hydrogen-bond donors (Lipinski definition) is 0. The molecule has 0 aliphatic heterocycles. The van der Waals surface area contributed by atoms with E-state index in [2.05, 4.69) is 15.9 Å². The van der Waals surface area contributed by atoms with E-state index in [1.54, 1.807) is 6.07 Å². The maximum absolute atomic E-state index is 12.4. The van der Waals surface area contributed by atoms with Crippen LogP contribution in [0.2, 0.25) is 0 Å². The smallest absolute Gasteiger partial charge is 0.166 e. The van der Waals surface area contributed by atoms with Crippen molar-refractivity contribution in [2.24, 2.45) is 0 Å². The van der Waals surface area contributed by atoms with Crippen molar-refractivity contribution in [3.05, 3.63) is 40.5 Å². The summed E-state index contributed by atoms with van der Waals surface area (Å²) >= 11 is 3.32. The van der Waals surface area contributed by atoms with Crippen molar-refractivity contribution in [3.63, 3.8) is 0 Å². The van der Waals surface area contributed by atoms with Gasteiger partial charge in [-0.1, -0.05) is 27.6 Å². The summed E-state index contributed by atoms with van der Waals surface area (Å²) in [4.78, 5) is 0. The van der Waals surface area contributed by atoms with Crippen LogP contribution in [-0.4, -0.2) is 0 Å². The third-order valence-corrected chi connectivity index (χ3v) is 3.61. The van der Waals surface area contributed by atoms with E-state index in [-0.39, 0.29) is 0 Å². The molecular weight excluding hydrogens is 269 g/mol. The lowest BCUT2D eigenvalue weighted by Gasteiger charge is -2.08. The zero-order chi connectivity index (χ0) is 11.2. The van der Waals surface area contributed by atoms with E-state index in [1.165, 1.54) is 6.07 Å². The van der Waals surface area contributed by atoms with Crippen LogP contribution >= 0.6 is 15.9 Å². The van der Waals surface area contributed by atoms with E-state index in [0.29, 0.717) is 5.56 Å². The predicted molar refractivity (Wildman–Crippen MR) is 56.7 cm³/mol. The third-order valence-electron chi connectivity index (χ3n) is 2.50. The van der Waals surface area contributed by atoms with Crippen LogP contribution in [0.3, 0.4) is 0 Å². The minimum Gasteiger partial charge on any atom is -0.166 e. The molecular formula is C11H8BrF3. The standard InChI is InChI=1S/C11H8BrF3/c1-6-4-7-2-3-8(11(13,14)15)5-9(7)10(6)12/h2-3,5H,4H2,1H3. The normalized spacial score (nSPS) is 15.8. The van der Waals surface area contributed by atoms with E-state index >= 15 is 0 Å². The molecule has 4 heteroatoms. The van der Waals surface area contributed by atoms with E-state index in [0.717, 1.165) is 28.1 Å². The van der Waals surface area contributed by atoms with Crippen molar-refractivity contribution < 1.29 is 13.2 Å². The van der Waals surface area contributed by atoms with Crippen LogP contribution < -0.4 is 0 Å². The molecule has 0 radical (unpaired) electrons. The van der Waals surface area contributed by atoms with Crippen LogP contribution in [0.25, 0.3) is 4.48 Å². The molecule has 0 bridgehead atoms. The van der Waals surface area contributed by atoms with Gasteiger partial charge in [-0.15, -0.1) is 0 Å². The van der Waals surface area contributed by atoms with Gasteiger partial charge in [0.15, 0.2) is 0 Å².